The smallest absolute Gasteiger partial charge is 0.123 e. The number of benzene rings is 2. The highest BCUT2D eigenvalue weighted by molar-refractivity contribution is 9.10. The van der Waals surface area contributed by atoms with E-state index in [1.54, 1.807) is 7.11 Å². The van der Waals surface area contributed by atoms with Gasteiger partial charge in [-0.2, -0.15) is 0 Å². The minimum absolute atomic E-state index is 0.253. The van der Waals surface area contributed by atoms with Gasteiger partial charge in [-0.1, -0.05) is 58.7 Å². The van der Waals surface area contributed by atoms with E-state index in [2.05, 4.69) is 34.2 Å². The number of hydrogen-bond acceptors (Lipinski definition) is 2. The summed E-state index contributed by atoms with van der Waals surface area (Å²) in [6, 6.07) is 14.3. The predicted octanol–water partition coefficient (Wildman–Crippen LogP) is 5.35. The second-order valence-electron chi connectivity index (χ2n) is 4.82. The van der Waals surface area contributed by atoms with Gasteiger partial charge in [0.1, 0.15) is 5.75 Å². The standard InChI is InChI=1S/C17H19BrClNO/c1-3-16(14-6-4-5-7-17(14)21-2)20-11-12-8-9-13(19)10-15(12)18/h4-10,16,20H,3,11H2,1-2H3. The molecule has 0 aliphatic rings. The Morgan fingerprint density at radius 1 is 1.24 bits per heavy atom. The lowest BCUT2D eigenvalue weighted by Crippen LogP contribution is -2.21. The topological polar surface area (TPSA) is 21.3 Å². The maximum atomic E-state index is 5.98. The van der Waals surface area contributed by atoms with Gasteiger partial charge in [0, 0.05) is 27.6 Å². The number of rotatable bonds is 6. The summed E-state index contributed by atoms with van der Waals surface area (Å²) in [7, 11) is 1.71. The number of nitrogens with one attached hydrogen (secondary N) is 1. The average molecular weight is 369 g/mol. The van der Waals surface area contributed by atoms with Crippen molar-refractivity contribution in [2.24, 2.45) is 0 Å². The highest BCUT2D eigenvalue weighted by Gasteiger charge is 2.13. The molecule has 2 nitrogen and oxygen atoms in total. The molecule has 0 bridgehead atoms. The van der Waals surface area contributed by atoms with Crippen LogP contribution in [0, 0.1) is 0 Å². The summed E-state index contributed by atoms with van der Waals surface area (Å²) in [4.78, 5) is 0. The Kier molecular flexibility index (Phi) is 6.09. The van der Waals surface area contributed by atoms with Crippen molar-refractivity contribution < 1.29 is 4.74 Å². The van der Waals surface area contributed by atoms with Crippen LogP contribution >= 0.6 is 27.5 Å². The van der Waals surface area contributed by atoms with E-state index in [0.29, 0.717) is 0 Å². The molecule has 1 unspecified atom stereocenters. The lowest BCUT2D eigenvalue weighted by atomic mass is 10.0. The molecule has 0 aromatic heterocycles. The van der Waals surface area contributed by atoms with Crippen molar-refractivity contribution in [1.82, 2.24) is 5.32 Å². The molecule has 4 heteroatoms. The first-order valence-corrected chi connectivity index (χ1v) is 8.13. The number of halogens is 2. The lowest BCUT2D eigenvalue weighted by molar-refractivity contribution is 0.396. The maximum Gasteiger partial charge on any atom is 0.123 e. The van der Waals surface area contributed by atoms with Gasteiger partial charge in [-0.25, -0.2) is 0 Å². The molecule has 0 saturated carbocycles. The zero-order valence-electron chi connectivity index (χ0n) is 12.2. The second kappa shape index (κ2) is 7.83. The summed E-state index contributed by atoms with van der Waals surface area (Å²) < 4.78 is 6.48. The van der Waals surface area contributed by atoms with Crippen molar-refractivity contribution >= 4 is 27.5 Å². The third kappa shape index (κ3) is 4.22. The van der Waals surface area contributed by atoms with E-state index in [-0.39, 0.29) is 6.04 Å². The molecule has 0 aliphatic heterocycles. The molecule has 1 atom stereocenters. The van der Waals surface area contributed by atoms with Crippen LogP contribution in [-0.2, 0) is 6.54 Å². The van der Waals surface area contributed by atoms with E-state index >= 15 is 0 Å². The first-order chi connectivity index (χ1) is 10.2. The Balaban J connectivity index is 2.12. The van der Waals surface area contributed by atoms with Crippen molar-refractivity contribution in [2.45, 2.75) is 25.9 Å². The lowest BCUT2D eigenvalue weighted by Gasteiger charge is -2.20. The average Bonchev–Trinajstić information content (AvgIpc) is 2.50. The van der Waals surface area contributed by atoms with E-state index in [9.17, 15) is 0 Å². The van der Waals surface area contributed by atoms with Crippen LogP contribution in [0.4, 0.5) is 0 Å². The van der Waals surface area contributed by atoms with Crippen LogP contribution in [0.25, 0.3) is 0 Å². The minimum Gasteiger partial charge on any atom is -0.496 e. The normalized spacial score (nSPS) is 12.2. The van der Waals surface area contributed by atoms with Gasteiger partial charge in [0.2, 0.25) is 0 Å². The predicted molar refractivity (Wildman–Crippen MR) is 92.0 cm³/mol. The Labute approximate surface area is 139 Å². The second-order valence-corrected chi connectivity index (χ2v) is 6.11. The molecule has 0 saturated heterocycles. The van der Waals surface area contributed by atoms with Crippen LogP contribution in [-0.4, -0.2) is 7.11 Å². The number of ether oxygens (including phenoxy) is 1. The van der Waals surface area contributed by atoms with Gasteiger partial charge in [-0.3, -0.25) is 0 Å². The Hall–Kier alpha value is -1.03. The maximum absolute atomic E-state index is 5.98. The minimum atomic E-state index is 0.253. The van der Waals surface area contributed by atoms with Crippen molar-refractivity contribution in [2.75, 3.05) is 7.11 Å². The molecule has 2 rings (SSSR count). The summed E-state index contributed by atoms with van der Waals surface area (Å²) in [5.74, 6) is 0.923. The molecule has 0 spiro atoms. The molecular weight excluding hydrogens is 350 g/mol. The van der Waals surface area contributed by atoms with Gasteiger partial charge < -0.3 is 10.1 Å². The molecule has 1 N–H and O–H groups in total. The van der Waals surface area contributed by atoms with E-state index in [0.717, 1.165) is 28.2 Å². The molecule has 0 fully saturated rings. The van der Waals surface area contributed by atoms with Gasteiger partial charge in [0.25, 0.3) is 0 Å². The fourth-order valence-electron chi connectivity index (χ4n) is 2.33. The zero-order valence-corrected chi connectivity index (χ0v) is 14.5. The fraction of sp³-hybridized carbons (Fsp3) is 0.294. The molecule has 0 amide bonds. The summed E-state index contributed by atoms with van der Waals surface area (Å²) in [6.45, 7) is 2.94. The largest absolute Gasteiger partial charge is 0.496 e. The first-order valence-electron chi connectivity index (χ1n) is 6.96. The van der Waals surface area contributed by atoms with Crippen LogP contribution in [0.15, 0.2) is 46.9 Å². The number of hydrogen-bond donors (Lipinski definition) is 1. The summed E-state index contributed by atoms with van der Waals surface area (Å²) in [5.41, 5.74) is 2.38. The molecule has 0 heterocycles. The molecule has 0 radical (unpaired) electrons. The monoisotopic (exact) mass is 367 g/mol. The van der Waals surface area contributed by atoms with Crippen LogP contribution in [0.3, 0.4) is 0 Å². The van der Waals surface area contributed by atoms with Gasteiger partial charge in [-0.15, -0.1) is 0 Å². The molecule has 112 valence electrons. The number of methoxy groups -OCH3 is 1. The molecular formula is C17H19BrClNO. The van der Waals surface area contributed by atoms with Gasteiger partial charge in [0.05, 0.1) is 7.11 Å². The van der Waals surface area contributed by atoms with Crippen LogP contribution < -0.4 is 10.1 Å². The molecule has 21 heavy (non-hydrogen) atoms. The van der Waals surface area contributed by atoms with Gasteiger partial charge in [0.15, 0.2) is 0 Å². The van der Waals surface area contributed by atoms with Crippen LogP contribution in [0.5, 0.6) is 5.75 Å². The van der Waals surface area contributed by atoms with E-state index < -0.39 is 0 Å². The quantitative estimate of drug-likeness (QED) is 0.742. The fourth-order valence-corrected chi connectivity index (χ4v) is 3.15. The van der Waals surface area contributed by atoms with E-state index in [1.807, 2.05) is 36.4 Å². The number of para-hydroxylation sites is 1. The Morgan fingerprint density at radius 2 is 2.00 bits per heavy atom. The van der Waals surface area contributed by atoms with Crippen molar-refractivity contribution in [3.63, 3.8) is 0 Å². The highest BCUT2D eigenvalue weighted by Crippen LogP contribution is 2.28. The highest BCUT2D eigenvalue weighted by atomic mass is 79.9. The van der Waals surface area contributed by atoms with Crippen molar-refractivity contribution in [3.05, 3.63) is 63.1 Å². The van der Waals surface area contributed by atoms with Crippen molar-refractivity contribution in [1.29, 1.82) is 0 Å². The third-order valence-electron chi connectivity index (χ3n) is 3.48. The molecule has 2 aromatic carbocycles. The zero-order chi connectivity index (χ0) is 15.2. The van der Waals surface area contributed by atoms with E-state index in [4.69, 9.17) is 16.3 Å². The van der Waals surface area contributed by atoms with Crippen LogP contribution in [0.1, 0.15) is 30.5 Å². The summed E-state index contributed by atoms with van der Waals surface area (Å²) in [6.07, 6.45) is 0.992. The SMILES string of the molecule is CCC(NCc1ccc(Cl)cc1Br)c1ccccc1OC. The molecule has 2 aromatic rings. The summed E-state index contributed by atoms with van der Waals surface area (Å²) in [5, 5.41) is 4.32. The van der Waals surface area contributed by atoms with Gasteiger partial charge >= 0.3 is 0 Å². The third-order valence-corrected chi connectivity index (χ3v) is 4.45. The summed E-state index contributed by atoms with van der Waals surface area (Å²) >= 11 is 9.53. The van der Waals surface area contributed by atoms with E-state index in [1.165, 1.54) is 11.1 Å². The molecule has 0 aliphatic carbocycles. The Bertz CT molecular complexity index is 603. The van der Waals surface area contributed by atoms with Gasteiger partial charge in [-0.05, 0) is 30.2 Å². The van der Waals surface area contributed by atoms with Crippen molar-refractivity contribution in [3.8, 4) is 5.75 Å². The first kappa shape index (κ1) is 16.3. The van der Waals surface area contributed by atoms with Crippen LogP contribution in [0.2, 0.25) is 5.02 Å². The Morgan fingerprint density at radius 3 is 2.67 bits per heavy atom.